The van der Waals surface area contributed by atoms with E-state index in [2.05, 4.69) is 11.8 Å². The molecule has 0 aromatic heterocycles. The second-order valence-corrected chi connectivity index (χ2v) is 6.20. The summed E-state index contributed by atoms with van der Waals surface area (Å²) in [5, 5.41) is 0. The third-order valence-corrected chi connectivity index (χ3v) is 4.85. The molecule has 0 amide bonds. The SMILES string of the molecule is CCCC(CCN)CCCN1CC2CCC1C2. The quantitative estimate of drug-likeness (QED) is 0.704. The van der Waals surface area contributed by atoms with Crippen LogP contribution in [0.1, 0.15) is 58.3 Å². The van der Waals surface area contributed by atoms with Gasteiger partial charge in [0.1, 0.15) is 0 Å². The fourth-order valence-corrected chi connectivity index (χ4v) is 3.96. The predicted octanol–water partition coefficient (Wildman–Crippen LogP) is 3.02. The van der Waals surface area contributed by atoms with Crippen molar-refractivity contribution in [1.82, 2.24) is 4.90 Å². The molecule has 2 heteroatoms. The highest BCUT2D eigenvalue weighted by Crippen LogP contribution is 2.37. The summed E-state index contributed by atoms with van der Waals surface area (Å²) in [6, 6.07) is 0.958. The molecular weight excluding hydrogens is 208 g/mol. The summed E-state index contributed by atoms with van der Waals surface area (Å²) in [5.74, 6) is 1.94. The van der Waals surface area contributed by atoms with Crippen molar-refractivity contribution in [2.45, 2.75) is 64.3 Å². The Morgan fingerprint density at radius 1 is 1.24 bits per heavy atom. The lowest BCUT2D eigenvalue weighted by molar-refractivity contribution is 0.204. The van der Waals surface area contributed by atoms with Crippen molar-refractivity contribution >= 4 is 0 Å². The van der Waals surface area contributed by atoms with E-state index in [0.717, 1.165) is 24.4 Å². The summed E-state index contributed by atoms with van der Waals surface area (Å²) in [6.07, 6.45) is 11.2. The van der Waals surface area contributed by atoms with E-state index in [1.165, 1.54) is 64.5 Å². The Morgan fingerprint density at radius 3 is 2.71 bits per heavy atom. The fraction of sp³-hybridized carbons (Fsp3) is 1.00. The molecule has 3 unspecified atom stereocenters. The van der Waals surface area contributed by atoms with Crippen molar-refractivity contribution in [3.05, 3.63) is 0 Å². The lowest BCUT2D eigenvalue weighted by Crippen LogP contribution is -2.33. The molecule has 2 aliphatic rings. The minimum absolute atomic E-state index is 0.874. The minimum atomic E-state index is 0.874. The van der Waals surface area contributed by atoms with Gasteiger partial charge < -0.3 is 10.6 Å². The summed E-state index contributed by atoms with van der Waals surface area (Å²) in [7, 11) is 0. The molecule has 2 bridgehead atoms. The van der Waals surface area contributed by atoms with Crippen LogP contribution in [-0.4, -0.2) is 30.6 Å². The van der Waals surface area contributed by atoms with Gasteiger partial charge in [0.25, 0.3) is 0 Å². The third kappa shape index (κ3) is 3.69. The van der Waals surface area contributed by atoms with Gasteiger partial charge in [0.15, 0.2) is 0 Å². The fourth-order valence-electron chi connectivity index (χ4n) is 3.96. The molecular formula is C15H30N2. The van der Waals surface area contributed by atoms with Gasteiger partial charge in [0, 0.05) is 12.6 Å². The maximum absolute atomic E-state index is 5.69. The minimum Gasteiger partial charge on any atom is -0.330 e. The molecule has 1 heterocycles. The van der Waals surface area contributed by atoms with E-state index in [9.17, 15) is 0 Å². The molecule has 0 spiro atoms. The number of likely N-dealkylation sites (tertiary alicyclic amines) is 1. The van der Waals surface area contributed by atoms with Gasteiger partial charge >= 0.3 is 0 Å². The summed E-state index contributed by atoms with van der Waals surface area (Å²) in [4.78, 5) is 2.76. The maximum Gasteiger partial charge on any atom is 0.00985 e. The summed E-state index contributed by atoms with van der Waals surface area (Å²) in [6.45, 7) is 5.92. The number of piperidine rings is 1. The topological polar surface area (TPSA) is 29.3 Å². The summed E-state index contributed by atoms with van der Waals surface area (Å²) in [5.41, 5.74) is 5.69. The lowest BCUT2D eigenvalue weighted by Gasteiger charge is -2.27. The number of hydrogen-bond donors (Lipinski definition) is 1. The van der Waals surface area contributed by atoms with Gasteiger partial charge in [-0.05, 0) is 63.5 Å². The predicted molar refractivity (Wildman–Crippen MR) is 74.0 cm³/mol. The van der Waals surface area contributed by atoms with Crippen LogP contribution in [0, 0.1) is 11.8 Å². The molecule has 2 nitrogen and oxygen atoms in total. The number of nitrogens with zero attached hydrogens (tertiary/aromatic N) is 1. The molecule has 1 aliphatic carbocycles. The van der Waals surface area contributed by atoms with Crippen LogP contribution in [-0.2, 0) is 0 Å². The van der Waals surface area contributed by atoms with Crippen molar-refractivity contribution in [2.75, 3.05) is 19.6 Å². The Labute approximate surface area is 107 Å². The first-order valence-electron chi connectivity index (χ1n) is 7.77. The van der Waals surface area contributed by atoms with Crippen LogP contribution in [0.5, 0.6) is 0 Å². The Balaban J connectivity index is 1.61. The van der Waals surface area contributed by atoms with Crippen LogP contribution in [0.15, 0.2) is 0 Å². The number of fused-ring (bicyclic) bond motifs is 2. The van der Waals surface area contributed by atoms with E-state index in [1.54, 1.807) is 0 Å². The Morgan fingerprint density at radius 2 is 2.12 bits per heavy atom. The standard InChI is InChI=1S/C15H30N2/c1-2-4-13(8-9-16)5-3-10-17-12-14-6-7-15(17)11-14/h13-15H,2-12,16H2,1H3. The molecule has 3 atom stereocenters. The first kappa shape index (κ1) is 13.4. The normalized spacial score (nSPS) is 30.0. The number of hydrogen-bond acceptors (Lipinski definition) is 2. The van der Waals surface area contributed by atoms with Crippen LogP contribution in [0.25, 0.3) is 0 Å². The zero-order valence-corrected chi connectivity index (χ0v) is 11.5. The molecule has 2 fully saturated rings. The molecule has 1 saturated heterocycles. The van der Waals surface area contributed by atoms with Crippen molar-refractivity contribution in [3.8, 4) is 0 Å². The highest BCUT2D eigenvalue weighted by atomic mass is 15.2. The van der Waals surface area contributed by atoms with Crippen molar-refractivity contribution < 1.29 is 0 Å². The Hall–Kier alpha value is -0.0800. The zero-order chi connectivity index (χ0) is 12.1. The zero-order valence-electron chi connectivity index (χ0n) is 11.5. The monoisotopic (exact) mass is 238 g/mol. The van der Waals surface area contributed by atoms with E-state index in [-0.39, 0.29) is 0 Å². The molecule has 1 saturated carbocycles. The van der Waals surface area contributed by atoms with Crippen molar-refractivity contribution in [2.24, 2.45) is 17.6 Å². The lowest BCUT2D eigenvalue weighted by atomic mass is 9.94. The van der Waals surface area contributed by atoms with Crippen molar-refractivity contribution in [3.63, 3.8) is 0 Å². The highest BCUT2D eigenvalue weighted by Gasteiger charge is 2.36. The van der Waals surface area contributed by atoms with Crippen LogP contribution in [0.2, 0.25) is 0 Å². The third-order valence-electron chi connectivity index (χ3n) is 4.85. The smallest absolute Gasteiger partial charge is 0.00985 e. The molecule has 2 N–H and O–H groups in total. The number of rotatable bonds is 8. The van der Waals surface area contributed by atoms with Gasteiger partial charge in [-0.1, -0.05) is 19.8 Å². The molecule has 0 aromatic carbocycles. The van der Waals surface area contributed by atoms with Crippen LogP contribution >= 0.6 is 0 Å². The molecule has 17 heavy (non-hydrogen) atoms. The molecule has 0 radical (unpaired) electrons. The van der Waals surface area contributed by atoms with E-state index >= 15 is 0 Å². The molecule has 100 valence electrons. The van der Waals surface area contributed by atoms with Gasteiger partial charge in [0.2, 0.25) is 0 Å². The van der Waals surface area contributed by atoms with Gasteiger partial charge in [-0.2, -0.15) is 0 Å². The van der Waals surface area contributed by atoms with Gasteiger partial charge in [-0.3, -0.25) is 0 Å². The van der Waals surface area contributed by atoms with Crippen molar-refractivity contribution in [1.29, 1.82) is 0 Å². The first-order valence-corrected chi connectivity index (χ1v) is 7.77. The second-order valence-electron chi connectivity index (χ2n) is 6.20. The van der Waals surface area contributed by atoms with Crippen LogP contribution in [0.3, 0.4) is 0 Å². The molecule has 1 aliphatic heterocycles. The largest absolute Gasteiger partial charge is 0.330 e. The summed E-state index contributed by atoms with van der Waals surface area (Å²) < 4.78 is 0. The van der Waals surface area contributed by atoms with Gasteiger partial charge in [0.05, 0.1) is 0 Å². The second kappa shape index (κ2) is 6.75. The summed E-state index contributed by atoms with van der Waals surface area (Å²) >= 11 is 0. The van der Waals surface area contributed by atoms with Gasteiger partial charge in [-0.15, -0.1) is 0 Å². The first-order chi connectivity index (χ1) is 8.33. The van der Waals surface area contributed by atoms with E-state index in [4.69, 9.17) is 5.73 Å². The molecule has 2 rings (SSSR count). The van der Waals surface area contributed by atoms with Crippen LogP contribution in [0.4, 0.5) is 0 Å². The average molecular weight is 238 g/mol. The van der Waals surface area contributed by atoms with E-state index in [0.29, 0.717) is 0 Å². The Bertz CT molecular complexity index is 211. The molecule has 0 aromatic rings. The maximum atomic E-state index is 5.69. The Kier molecular flexibility index (Phi) is 5.30. The van der Waals surface area contributed by atoms with Gasteiger partial charge in [-0.25, -0.2) is 0 Å². The van der Waals surface area contributed by atoms with Crippen LogP contribution < -0.4 is 5.73 Å². The van der Waals surface area contributed by atoms with E-state index < -0.39 is 0 Å². The average Bonchev–Trinajstić information content (AvgIpc) is 2.91. The van der Waals surface area contributed by atoms with E-state index in [1.807, 2.05) is 0 Å². The number of nitrogens with two attached hydrogens (primary N) is 1. The highest BCUT2D eigenvalue weighted by molar-refractivity contribution is 4.91.